The van der Waals surface area contributed by atoms with Gasteiger partial charge in [-0.25, -0.2) is 0 Å². The molecule has 1 rings (SSSR count). The van der Waals surface area contributed by atoms with Crippen molar-refractivity contribution in [2.45, 2.75) is 72.3 Å². The van der Waals surface area contributed by atoms with Crippen LogP contribution in [0.5, 0.6) is 0 Å². The van der Waals surface area contributed by atoms with Crippen LogP contribution in [0.25, 0.3) is 0 Å². The van der Waals surface area contributed by atoms with Crippen LogP contribution < -0.4 is 5.32 Å². The normalized spacial score (nSPS) is 13.8. The van der Waals surface area contributed by atoms with Gasteiger partial charge in [-0.2, -0.15) is 0 Å². The first-order chi connectivity index (χ1) is 9.43. The van der Waals surface area contributed by atoms with E-state index in [9.17, 15) is 0 Å². The highest BCUT2D eigenvalue weighted by atomic mass is 14.9. The van der Waals surface area contributed by atoms with E-state index in [0.717, 1.165) is 12.5 Å². The molecule has 1 atom stereocenters. The Morgan fingerprint density at radius 3 is 2.10 bits per heavy atom. The average Bonchev–Trinajstić information content (AvgIpc) is 2.42. The largest absolute Gasteiger partial charge is 0.310 e. The predicted octanol–water partition coefficient (Wildman–Crippen LogP) is 5.46. The summed E-state index contributed by atoms with van der Waals surface area (Å²) in [5, 5.41) is 3.71. The molecule has 0 heterocycles. The van der Waals surface area contributed by atoms with Crippen LogP contribution in [0, 0.1) is 5.92 Å². The lowest BCUT2D eigenvalue weighted by Gasteiger charge is -2.30. The highest BCUT2D eigenvalue weighted by Gasteiger charge is 2.23. The van der Waals surface area contributed by atoms with Crippen molar-refractivity contribution in [3.63, 3.8) is 0 Å². The topological polar surface area (TPSA) is 12.0 Å². The van der Waals surface area contributed by atoms with Crippen LogP contribution in [0.4, 0.5) is 0 Å². The summed E-state index contributed by atoms with van der Waals surface area (Å²) in [7, 11) is 0. The Balaban J connectivity index is 3.08. The number of benzene rings is 1. The van der Waals surface area contributed by atoms with Gasteiger partial charge >= 0.3 is 0 Å². The zero-order valence-corrected chi connectivity index (χ0v) is 14.3. The van der Waals surface area contributed by atoms with Gasteiger partial charge in [0, 0.05) is 6.04 Å². The Morgan fingerprint density at radius 2 is 1.60 bits per heavy atom. The molecule has 1 unspecified atom stereocenters. The van der Waals surface area contributed by atoms with E-state index in [1.165, 1.54) is 30.4 Å². The monoisotopic (exact) mass is 275 g/mol. The molecule has 0 aliphatic carbocycles. The van der Waals surface area contributed by atoms with Crippen molar-refractivity contribution in [1.82, 2.24) is 5.32 Å². The summed E-state index contributed by atoms with van der Waals surface area (Å²) in [6.07, 6.45) is 3.79. The molecule has 1 N–H and O–H groups in total. The second-order valence-electron chi connectivity index (χ2n) is 6.87. The van der Waals surface area contributed by atoms with Crippen LogP contribution in [-0.4, -0.2) is 6.54 Å². The van der Waals surface area contributed by atoms with Gasteiger partial charge in [-0.3, -0.25) is 0 Å². The molecule has 20 heavy (non-hydrogen) atoms. The smallest absolute Gasteiger partial charge is 0.0325 e. The van der Waals surface area contributed by atoms with Crippen molar-refractivity contribution in [1.29, 1.82) is 0 Å². The molecule has 0 amide bonds. The molecule has 0 aliphatic heterocycles. The van der Waals surface area contributed by atoms with Gasteiger partial charge in [-0.15, -0.1) is 0 Å². The molecule has 0 aliphatic rings. The summed E-state index contributed by atoms with van der Waals surface area (Å²) in [6.45, 7) is 14.8. The molecule has 0 aromatic heterocycles. The van der Waals surface area contributed by atoms with E-state index in [4.69, 9.17) is 0 Å². The predicted molar refractivity (Wildman–Crippen MR) is 90.2 cm³/mol. The van der Waals surface area contributed by atoms with Crippen molar-refractivity contribution in [3.8, 4) is 0 Å². The molecular formula is C19H33N. The fraction of sp³-hybridized carbons (Fsp3) is 0.684. The molecule has 1 aromatic carbocycles. The van der Waals surface area contributed by atoms with E-state index < -0.39 is 0 Å². The van der Waals surface area contributed by atoms with Gasteiger partial charge in [0.25, 0.3) is 0 Å². The van der Waals surface area contributed by atoms with Gasteiger partial charge in [0.1, 0.15) is 0 Å². The molecular weight excluding hydrogens is 242 g/mol. The Hall–Kier alpha value is -0.820. The van der Waals surface area contributed by atoms with Gasteiger partial charge in [0.05, 0.1) is 0 Å². The Bertz CT molecular complexity index is 385. The maximum atomic E-state index is 3.71. The van der Waals surface area contributed by atoms with Gasteiger partial charge in [0.2, 0.25) is 0 Å². The second kappa shape index (κ2) is 7.83. The van der Waals surface area contributed by atoms with Crippen LogP contribution in [0.1, 0.15) is 78.0 Å². The van der Waals surface area contributed by atoms with Crippen LogP contribution in [0.3, 0.4) is 0 Å². The maximum Gasteiger partial charge on any atom is 0.0325 e. The first kappa shape index (κ1) is 17.2. The van der Waals surface area contributed by atoms with Crippen LogP contribution in [0.2, 0.25) is 0 Å². The van der Waals surface area contributed by atoms with E-state index >= 15 is 0 Å². The fourth-order valence-corrected chi connectivity index (χ4v) is 3.01. The van der Waals surface area contributed by atoms with Gasteiger partial charge in [-0.05, 0) is 35.4 Å². The first-order valence-corrected chi connectivity index (χ1v) is 8.26. The lowest BCUT2D eigenvalue weighted by atomic mass is 9.79. The standard InChI is InChI=1S/C19H33N/c1-7-15(8-2)14-18(20-9-3)16-12-10-11-13-17(16)19(4,5)6/h10-13,15,18,20H,7-9,14H2,1-6H3. The average molecular weight is 275 g/mol. The van der Waals surface area contributed by atoms with Crippen LogP contribution in [0.15, 0.2) is 24.3 Å². The summed E-state index contributed by atoms with van der Waals surface area (Å²) < 4.78 is 0. The molecule has 0 radical (unpaired) electrons. The minimum absolute atomic E-state index is 0.207. The van der Waals surface area contributed by atoms with Gasteiger partial charge in [0.15, 0.2) is 0 Å². The minimum Gasteiger partial charge on any atom is -0.310 e. The molecule has 0 saturated carbocycles. The van der Waals surface area contributed by atoms with Crippen molar-refractivity contribution in [3.05, 3.63) is 35.4 Å². The first-order valence-electron chi connectivity index (χ1n) is 8.26. The number of rotatable bonds is 7. The zero-order valence-electron chi connectivity index (χ0n) is 14.3. The lowest BCUT2D eigenvalue weighted by molar-refractivity contribution is 0.371. The highest BCUT2D eigenvalue weighted by Crippen LogP contribution is 2.33. The summed E-state index contributed by atoms with van der Waals surface area (Å²) in [5.74, 6) is 0.812. The SMILES string of the molecule is CCNC(CC(CC)CC)c1ccccc1C(C)(C)C. The van der Waals surface area contributed by atoms with E-state index in [0.29, 0.717) is 6.04 Å². The Morgan fingerprint density at radius 1 is 1.00 bits per heavy atom. The molecule has 0 spiro atoms. The summed E-state index contributed by atoms with van der Waals surface area (Å²) in [5.41, 5.74) is 3.18. The third-order valence-electron chi connectivity index (χ3n) is 4.32. The van der Waals surface area contributed by atoms with E-state index in [1.54, 1.807) is 0 Å². The van der Waals surface area contributed by atoms with Crippen LogP contribution in [-0.2, 0) is 5.41 Å². The second-order valence-corrected chi connectivity index (χ2v) is 6.87. The lowest BCUT2D eigenvalue weighted by Crippen LogP contribution is -2.27. The summed E-state index contributed by atoms with van der Waals surface area (Å²) >= 11 is 0. The zero-order chi connectivity index (χ0) is 15.2. The fourth-order valence-electron chi connectivity index (χ4n) is 3.01. The van der Waals surface area contributed by atoms with Gasteiger partial charge in [-0.1, -0.05) is 78.6 Å². The molecule has 0 fully saturated rings. The molecule has 0 bridgehead atoms. The molecule has 1 heteroatoms. The quantitative estimate of drug-likeness (QED) is 0.696. The molecule has 0 saturated heterocycles. The van der Waals surface area contributed by atoms with Crippen molar-refractivity contribution in [2.75, 3.05) is 6.54 Å². The van der Waals surface area contributed by atoms with Crippen molar-refractivity contribution in [2.24, 2.45) is 5.92 Å². The van der Waals surface area contributed by atoms with Crippen molar-refractivity contribution < 1.29 is 0 Å². The minimum atomic E-state index is 0.207. The van der Waals surface area contributed by atoms with Gasteiger partial charge < -0.3 is 5.32 Å². The maximum absolute atomic E-state index is 3.71. The summed E-state index contributed by atoms with van der Waals surface area (Å²) in [4.78, 5) is 0. The van der Waals surface area contributed by atoms with Crippen LogP contribution >= 0.6 is 0 Å². The Kier molecular flexibility index (Phi) is 6.75. The Labute approximate surface area is 126 Å². The van der Waals surface area contributed by atoms with E-state index in [1.807, 2.05) is 0 Å². The summed E-state index contributed by atoms with van der Waals surface area (Å²) in [6, 6.07) is 9.45. The highest BCUT2D eigenvalue weighted by molar-refractivity contribution is 5.35. The van der Waals surface area contributed by atoms with E-state index in [2.05, 4.69) is 71.1 Å². The number of hydrogen-bond acceptors (Lipinski definition) is 1. The molecule has 114 valence electrons. The van der Waals surface area contributed by atoms with Crippen molar-refractivity contribution >= 4 is 0 Å². The molecule has 1 nitrogen and oxygen atoms in total. The number of nitrogens with one attached hydrogen (secondary N) is 1. The van der Waals surface area contributed by atoms with E-state index in [-0.39, 0.29) is 5.41 Å². The molecule has 1 aromatic rings. The third kappa shape index (κ3) is 4.63. The number of hydrogen-bond donors (Lipinski definition) is 1. The third-order valence-corrected chi connectivity index (χ3v) is 4.32.